The Balaban J connectivity index is -0.0000000229. The minimum atomic E-state index is 0. The Labute approximate surface area is 150 Å². The van der Waals surface area contributed by atoms with Crippen LogP contribution in [0.2, 0.25) is 0 Å². The van der Waals surface area contributed by atoms with Crippen molar-refractivity contribution in [2.75, 3.05) is 0 Å². The number of nitrogens with one attached hydrogen (secondary N) is 2. The lowest BCUT2D eigenvalue weighted by atomic mass is 10.4. The molecule has 0 aliphatic rings. The molecule has 0 bridgehead atoms. The van der Waals surface area contributed by atoms with E-state index in [4.69, 9.17) is 20.4 Å². The Kier molecular flexibility index (Phi) is 123. The summed E-state index contributed by atoms with van der Waals surface area (Å²) in [7, 11) is 0. The van der Waals surface area contributed by atoms with Crippen LogP contribution in [0.15, 0.2) is 72.8 Å². The van der Waals surface area contributed by atoms with Gasteiger partial charge in [0.15, 0.2) is 0 Å². The third kappa shape index (κ3) is 75.1. The number of carbonyl (C=O) groups excluding carboxylic acids is 2. The second-order valence-corrected chi connectivity index (χ2v) is 2.51. The Morgan fingerprint density at radius 2 is 0.417 bits per heavy atom. The summed E-state index contributed by atoms with van der Waals surface area (Å²) in [4.78, 5) is 16.7. The number of rotatable bonds is 0. The molecule has 0 saturated heterocycles. The molecule has 0 heterocycles. The molecule has 2 aromatic rings. The quantitative estimate of drug-likeness (QED) is 0.400. The van der Waals surface area contributed by atoms with E-state index in [1.807, 2.05) is 72.8 Å². The number of hydrogen-bond acceptors (Lipinski definition) is 4. The van der Waals surface area contributed by atoms with Crippen molar-refractivity contribution in [1.29, 1.82) is 10.8 Å². The van der Waals surface area contributed by atoms with Crippen molar-refractivity contribution in [3.05, 3.63) is 72.8 Å². The van der Waals surface area contributed by atoms with Crippen molar-refractivity contribution >= 4 is 12.2 Å². The fraction of sp³-hybridized carbons (Fsp3) is 0.300. The van der Waals surface area contributed by atoms with Crippen LogP contribution in [-0.4, -0.2) is 12.2 Å². The molecule has 0 fully saturated rings. The van der Waals surface area contributed by atoms with Gasteiger partial charge in [-0.15, -0.1) is 0 Å². The third-order valence-electron chi connectivity index (χ3n) is 1.33. The number of hydrogen-bond donors (Lipinski definition) is 2. The van der Waals surface area contributed by atoms with Crippen LogP contribution in [0, 0.1) is 10.8 Å². The van der Waals surface area contributed by atoms with E-state index in [2.05, 4.69) is 0 Å². The van der Waals surface area contributed by atoms with Gasteiger partial charge in [0.25, 0.3) is 0 Å². The highest BCUT2D eigenvalue weighted by atomic mass is 16.1. The third-order valence-corrected chi connectivity index (χ3v) is 1.33. The molecule has 4 heteroatoms. The van der Waals surface area contributed by atoms with Crippen LogP contribution < -0.4 is 0 Å². The minimum Gasteiger partial charge on any atom is -0.222 e. The summed E-state index contributed by atoms with van der Waals surface area (Å²) in [6.45, 7) is 0. The van der Waals surface area contributed by atoms with E-state index in [1.54, 1.807) is 0 Å². The van der Waals surface area contributed by atoms with Gasteiger partial charge < -0.3 is 0 Å². The van der Waals surface area contributed by atoms with Gasteiger partial charge in [0, 0.05) is 0 Å². The maximum Gasteiger partial charge on any atom is 0.231 e. The molecule has 0 saturated carbocycles. The van der Waals surface area contributed by atoms with Gasteiger partial charge in [-0.2, -0.15) is 0 Å². The minimum absolute atomic E-state index is 0. The molecule has 0 radical (unpaired) electrons. The van der Waals surface area contributed by atoms with E-state index in [-0.39, 0.29) is 44.6 Å². The van der Waals surface area contributed by atoms with E-state index in [0.29, 0.717) is 0 Å². The van der Waals surface area contributed by atoms with E-state index in [1.165, 1.54) is 0 Å². The van der Waals surface area contributed by atoms with Crippen LogP contribution in [0.4, 0.5) is 0 Å². The van der Waals surface area contributed by atoms with E-state index < -0.39 is 0 Å². The van der Waals surface area contributed by atoms with Crippen LogP contribution in [0.25, 0.3) is 0 Å². The van der Waals surface area contributed by atoms with Gasteiger partial charge in [0.05, 0.1) is 0 Å². The second-order valence-electron chi connectivity index (χ2n) is 2.51. The van der Waals surface area contributed by atoms with Crippen LogP contribution in [-0.2, 0) is 9.59 Å². The van der Waals surface area contributed by atoms with Crippen molar-refractivity contribution < 1.29 is 9.59 Å². The van der Waals surface area contributed by atoms with Gasteiger partial charge in [0.1, 0.15) is 0 Å². The predicted molar refractivity (Wildman–Crippen MR) is 110 cm³/mol. The lowest BCUT2D eigenvalue weighted by molar-refractivity contribution is 0.562. The first-order valence-electron chi connectivity index (χ1n) is 4.91. The van der Waals surface area contributed by atoms with Gasteiger partial charge in [-0.05, 0) is 0 Å². The fourth-order valence-electron chi connectivity index (χ4n) is 0.770. The Morgan fingerprint density at radius 3 is 0.458 bits per heavy atom. The Hall–Kier alpha value is -2.80. The van der Waals surface area contributed by atoms with Gasteiger partial charge >= 0.3 is 0 Å². The average Bonchev–Trinajstić information content (AvgIpc) is 2.45. The smallest absolute Gasteiger partial charge is 0.222 e. The van der Waals surface area contributed by atoms with Crippen LogP contribution in [0.1, 0.15) is 44.6 Å². The second kappa shape index (κ2) is 59.4. The molecule has 0 amide bonds. The van der Waals surface area contributed by atoms with Crippen LogP contribution in [0.3, 0.4) is 0 Å². The molecule has 0 aromatic heterocycles. The first kappa shape index (κ1) is 49.6. The van der Waals surface area contributed by atoms with Crippen molar-refractivity contribution in [2.45, 2.75) is 44.6 Å². The first-order valence-corrected chi connectivity index (χ1v) is 4.91. The average molecular weight is 339 g/mol. The summed E-state index contributed by atoms with van der Waals surface area (Å²) in [5.74, 6) is 0. The zero-order chi connectivity index (χ0) is 13.9. The zero-order valence-electron chi connectivity index (χ0n) is 9.74. The summed E-state index contributed by atoms with van der Waals surface area (Å²) in [6.07, 6.45) is 1.50. The van der Waals surface area contributed by atoms with Crippen molar-refractivity contribution in [3.8, 4) is 0 Å². The highest BCUT2D eigenvalue weighted by Gasteiger charge is 1.58. The molecule has 0 aliphatic carbocycles. The zero-order valence-corrected chi connectivity index (χ0v) is 9.74. The van der Waals surface area contributed by atoms with E-state index in [0.717, 1.165) is 12.2 Å². The Bertz CT molecular complexity index is 323. The summed E-state index contributed by atoms with van der Waals surface area (Å²) >= 11 is 0. The van der Waals surface area contributed by atoms with Crippen molar-refractivity contribution in [1.82, 2.24) is 0 Å². The van der Waals surface area contributed by atoms with Crippen LogP contribution >= 0.6 is 0 Å². The molecule has 0 spiro atoms. The predicted octanol–water partition coefficient (Wildman–Crippen LogP) is 6.99. The standard InChI is InChI=1S/2C6H6.2CHNO.6CH4/c2*1-2-4-6-5-3-1;2*2-1-3;;;;;;/h2*1-6H;2*2H;6*1H4. The van der Waals surface area contributed by atoms with E-state index >= 15 is 0 Å². The topological polar surface area (TPSA) is 81.8 Å². The molecule has 0 atom stereocenters. The lowest BCUT2D eigenvalue weighted by Gasteiger charge is -1.69. The summed E-state index contributed by atoms with van der Waals surface area (Å²) in [6, 6.07) is 24.0. The number of isocyanates is 2. The molecule has 2 N–H and O–H groups in total. The first-order chi connectivity index (χ1) is 8.83. The molecule has 2 rings (SSSR count). The normalized spacial score (nSPS) is 4.67. The molecular formula is C20H38N2O2. The monoisotopic (exact) mass is 338 g/mol. The highest BCUT2D eigenvalue weighted by Crippen LogP contribution is 1.80. The van der Waals surface area contributed by atoms with Gasteiger partial charge in [0.2, 0.25) is 12.2 Å². The molecule has 4 nitrogen and oxygen atoms in total. The molecule has 24 heavy (non-hydrogen) atoms. The van der Waals surface area contributed by atoms with Gasteiger partial charge in [-0.25, -0.2) is 20.4 Å². The molecular weight excluding hydrogens is 300 g/mol. The van der Waals surface area contributed by atoms with Crippen molar-refractivity contribution in [3.63, 3.8) is 0 Å². The largest absolute Gasteiger partial charge is 0.231 e. The molecule has 0 aliphatic heterocycles. The fourth-order valence-corrected chi connectivity index (χ4v) is 0.770. The lowest BCUT2D eigenvalue weighted by Crippen LogP contribution is -1.47. The maximum atomic E-state index is 8.35. The van der Waals surface area contributed by atoms with Crippen molar-refractivity contribution in [2.24, 2.45) is 0 Å². The van der Waals surface area contributed by atoms with E-state index in [9.17, 15) is 0 Å². The molecule has 0 unspecified atom stereocenters. The maximum absolute atomic E-state index is 8.35. The highest BCUT2D eigenvalue weighted by molar-refractivity contribution is 5.26. The SMILES string of the molecule is C.C.C.C.C.C.N=C=O.N=C=O.c1ccccc1.c1ccccc1. The molecule has 2 aromatic carbocycles. The molecule has 140 valence electrons. The van der Waals surface area contributed by atoms with Gasteiger partial charge in [-0.3, -0.25) is 0 Å². The van der Waals surface area contributed by atoms with Gasteiger partial charge in [-0.1, -0.05) is 117 Å². The Morgan fingerprint density at radius 1 is 0.375 bits per heavy atom. The van der Waals surface area contributed by atoms with Crippen LogP contribution in [0.5, 0.6) is 0 Å². The summed E-state index contributed by atoms with van der Waals surface area (Å²) < 4.78 is 0. The summed E-state index contributed by atoms with van der Waals surface area (Å²) in [5, 5.41) is 10.8. The summed E-state index contributed by atoms with van der Waals surface area (Å²) in [5.41, 5.74) is 0. The number of benzene rings is 2.